The number of aryl methyl sites for hydroxylation is 1. The van der Waals surface area contributed by atoms with Crippen LogP contribution in [0.3, 0.4) is 0 Å². The van der Waals surface area contributed by atoms with Gasteiger partial charge >= 0.3 is 35.4 Å². The third kappa shape index (κ3) is 9.67. The predicted molar refractivity (Wildman–Crippen MR) is 185 cm³/mol. The second kappa shape index (κ2) is 16.9. The Morgan fingerprint density at radius 3 is 2.28 bits per heavy atom. The molecule has 0 spiro atoms. The fourth-order valence-corrected chi connectivity index (χ4v) is 5.10. The molecular formula is C36H28N4O12S. The van der Waals surface area contributed by atoms with Gasteiger partial charge in [-0.05, 0) is 79.6 Å². The van der Waals surface area contributed by atoms with Crippen LogP contribution in [-0.4, -0.2) is 53.4 Å². The maximum Gasteiger partial charge on any atom is 0.392 e. The number of nitro groups is 1. The summed E-state index contributed by atoms with van der Waals surface area (Å²) < 4.78 is 49.2. The van der Waals surface area contributed by atoms with E-state index < -0.39 is 57.5 Å². The van der Waals surface area contributed by atoms with Gasteiger partial charge in [0, 0.05) is 12.5 Å². The van der Waals surface area contributed by atoms with Gasteiger partial charge in [0.2, 0.25) is 6.10 Å². The molecule has 0 radical (unpaired) electrons. The molecule has 0 saturated heterocycles. The first-order chi connectivity index (χ1) is 25.4. The number of esters is 1. The molecule has 0 aliphatic rings. The van der Waals surface area contributed by atoms with Crippen LogP contribution in [0.15, 0.2) is 95.9 Å². The molecule has 17 heteroatoms. The van der Waals surface area contributed by atoms with E-state index in [0.29, 0.717) is 16.9 Å². The van der Waals surface area contributed by atoms with E-state index in [-0.39, 0.29) is 46.3 Å². The molecule has 53 heavy (non-hydrogen) atoms. The Labute approximate surface area is 303 Å². The standard InChI is InChI=1S/C36H28N4O12S/c1-3-48-35(43)24-15-21(2)16-26(19-24)50-32-31(40(44)45)33(51-30(34(41)42)17-22-9-12-27(13-10-22)53(46)47)39-36(38-32)52-29-18-23(20-37)11-14-28(29)49-25-7-5-4-6-8-25/h4-16,18-19,30H,3,17H2,1-2H3,(H,41,42)(H,46,47). The van der Waals surface area contributed by atoms with Crippen molar-refractivity contribution in [3.05, 3.63) is 123 Å². The van der Waals surface area contributed by atoms with Crippen molar-refractivity contribution in [2.75, 3.05) is 6.61 Å². The summed E-state index contributed by atoms with van der Waals surface area (Å²) in [6.07, 6.45) is -2.15. The minimum atomic E-state index is -2.28. The number of para-hydroxylation sites is 1. The van der Waals surface area contributed by atoms with Gasteiger partial charge in [-0.15, -0.1) is 0 Å². The Balaban J connectivity index is 1.62. The van der Waals surface area contributed by atoms with Crippen molar-refractivity contribution in [3.8, 4) is 46.8 Å². The molecule has 270 valence electrons. The molecule has 5 rings (SSSR count). The number of aliphatic carboxylic acids is 1. The highest BCUT2D eigenvalue weighted by Gasteiger charge is 2.34. The quantitative estimate of drug-likeness (QED) is 0.0488. The predicted octanol–water partition coefficient (Wildman–Crippen LogP) is 6.77. The number of benzene rings is 4. The SMILES string of the molecule is CCOC(=O)c1cc(C)cc(Oc2nc(Oc3cc(C#N)ccc3Oc3ccccc3)nc(OC(Cc3ccc(S(=O)O)cc3)C(=O)O)c2[N+](=O)[O-])c1. The maximum absolute atomic E-state index is 12.6. The number of rotatable bonds is 15. The Hall–Kier alpha value is -6.90. The van der Waals surface area contributed by atoms with Gasteiger partial charge in [0.15, 0.2) is 22.6 Å². The highest BCUT2D eigenvalue weighted by atomic mass is 32.2. The van der Waals surface area contributed by atoms with Crippen molar-refractivity contribution in [1.29, 1.82) is 5.26 Å². The van der Waals surface area contributed by atoms with Crippen LogP contribution in [0.2, 0.25) is 0 Å². The van der Waals surface area contributed by atoms with Crippen molar-refractivity contribution in [2.45, 2.75) is 31.3 Å². The summed E-state index contributed by atoms with van der Waals surface area (Å²) in [6.45, 7) is 3.35. The first-order valence-corrected chi connectivity index (χ1v) is 16.6. The number of hydrogen-bond acceptors (Lipinski definition) is 13. The van der Waals surface area contributed by atoms with E-state index in [0.717, 1.165) is 0 Å². The van der Waals surface area contributed by atoms with Crippen molar-refractivity contribution < 1.29 is 52.1 Å². The second-order valence-electron chi connectivity index (χ2n) is 10.9. The molecule has 0 fully saturated rings. The smallest absolute Gasteiger partial charge is 0.392 e. The van der Waals surface area contributed by atoms with Crippen LogP contribution in [0, 0.1) is 28.4 Å². The Morgan fingerprint density at radius 1 is 0.925 bits per heavy atom. The van der Waals surface area contributed by atoms with Gasteiger partial charge < -0.3 is 33.3 Å². The zero-order valence-corrected chi connectivity index (χ0v) is 28.6. The molecular weight excluding hydrogens is 712 g/mol. The lowest BCUT2D eigenvalue weighted by molar-refractivity contribution is -0.387. The van der Waals surface area contributed by atoms with E-state index in [9.17, 15) is 38.8 Å². The van der Waals surface area contributed by atoms with Crippen LogP contribution >= 0.6 is 0 Å². The van der Waals surface area contributed by atoms with Crippen molar-refractivity contribution >= 4 is 28.7 Å². The van der Waals surface area contributed by atoms with E-state index in [1.54, 1.807) is 44.2 Å². The van der Waals surface area contributed by atoms with Gasteiger partial charge in [-0.1, -0.05) is 30.3 Å². The highest BCUT2D eigenvalue weighted by Crippen LogP contribution is 2.41. The van der Waals surface area contributed by atoms with Gasteiger partial charge in [-0.3, -0.25) is 10.1 Å². The van der Waals surface area contributed by atoms with Gasteiger partial charge in [0.1, 0.15) is 11.5 Å². The maximum atomic E-state index is 12.6. The lowest BCUT2D eigenvalue weighted by atomic mass is 10.1. The number of nitrogens with zero attached hydrogens (tertiary/aromatic N) is 4. The number of hydrogen-bond donors (Lipinski definition) is 2. The van der Waals surface area contributed by atoms with Crippen LogP contribution in [0.25, 0.3) is 0 Å². The minimum absolute atomic E-state index is 0.0647. The molecule has 16 nitrogen and oxygen atoms in total. The molecule has 4 aromatic carbocycles. The Morgan fingerprint density at radius 2 is 1.64 bits per heavy atom. The van der Waals surface area contributed by atoms with E-state index in [1.807, 2.05) is 6.07 Å². The summed E-state index contributed by atoms with van der Waals surface area (Å²) in [6, 6.07) is 23.8. The van der Waals surface area contributed by atoms with E-state index in [2.05, 4.69) is 9.97 Å². The lowest BCUT2D eigenvalue weighted by Crippen LogP contribution is -2.30. The number of carboxylic acids is 1. The molecule has 1 heterocycles. The normalized spacial score (nSPS) is 11.7. The van der Waals surface area contributed by atoms with Crippen LogP contribution < -0.4 is 18.9 Å². The van der Waals surface area contributed by atoms with Crippen LogP contribution in [0.4, 0.5) is 5.69 Å². The third-order valence-corrected chi connectivity index (χ3v) is 7.75. The van der Waals surface area contributed by atoms with Crippen LogP contribution in [0.1, 0.15) is 34.0 Å². The number of carbonyl (C=O) groups is 2. The lowest BCUT2D eigenvalue weighted by Gasteiger charge is -2.17. The molecule has 0 amide bonds. The average Bonchev–Trinajstić information content (AvgIpc) is 3.12. The summed E-state index contributed by atoms with van der Waals surface area (Å²) in [5, 5.41) is 32.2. The van der Waals surface area contributed by atoms with Gasteiger partial charge in [-0.25, -0.2) is 13.8 Å². The Bertz CT molecular complexity index is 2230. The number of ether oxygens (including phenoxy) is 5. The molecule has 2 atom stereocenters. The number of aromatic nitrogens is 2. The minimum Gasteiger partial charge on any atom is -0.478 e. The molecule has 0 aliphatic carbocycles. The topological polar surface area (TPSA) is 231 Å². The molecule has 2 unspecified atom stereocenters. The van der Waals surface area contributed by atoms with Gasteiger partial charge in [0.05, 0.1) is 33.6 Å². The first-order valence-electron chi connectivity index (χ1n) is 15.5. The zero-order valence-electron chi connectivity index (χ0n) is 27.8. The highest BCUT2D eigenvalue weighted by molar-refractivity contribution is 7.79. The van der Waals surface area contributed by atoms with Gasteiger partial charge in [-0.2, -0.15) is 15.2 Å². The Kier molecular flexibility index (Phi) is 11.9. The number of nitriles is 1. The molecule has 0 aliphatic heterocycles. The fraction of sp³-hybridized carbons (Fsp3) is 0.139. The number of carboxylic acid groups (broad SMARTS) is 1. The largest absolute Gasteiger partial charge is 0.478 e. The van der Waals surface area contributed by atoms with E-state index >= 15 is 0 Å². The first kappa shape index (κ1) is 37.4. The monoisotopic (exact) mass is 740 g/mol. The number of carbonyl (C=O) groups excluding carboxylic acids is 1. The van der Waals surface area contributed by atoms with Crippen molar-refractivity contribution in [1.82, 2.24) is 9.97 Å². The average molecular weight is 741 g/mol. The van der Waals surface area contributed by atoms with E-state index in [1.165, 1.54) is 60.7 Å². The van der Waals surface area contributed by atoms with Crippen LogP contribution in [-0.2, 0) is 27.0 Å². The van der Waals surface area contributed by atoms with Crippen LogP contribution in [0.5, 0.6) is 40.8 Å². The van der Waals surface area contributed by atoms with Crippen molar-refractivity contribution in [3.63, 3.8) is 0 Å². The van der Waals surface area contributed by atoms with Gasteiger partial charge in [0.25, 0.3) is 0 Å². The summed E-state index contributed by atoms with van der Waals surface area (Å²) >= 11 is -2.28. The van der Waals surface area contributed by atoms with Crippen molar-refractivity contribution in [2.24, 2.45) is 0 Å². The molecule has 2 N–H and O–H groups in total. The summed E-state index contributed by atoms with van der Waals surface area (Å²) in [5.41, 5.74) is 0.0974. The molecule has 5 aromatic rings. The fourth-order valence-electron chi connectivity index (χ4n) is 4.73. The third-order valence-electron chi connectivity index (χ3n) is 7.08. The molecule has 0 bridgehead atoms. The zero-order chi connectivity index (χ0) is 38.1. The van der Waals surface area contributed by atoms with E-state index in [4.69, 9.17) is 23.7 Å². The summed E-state index contributed by atoms with van der Waals surface area (Å²) in [7, 11) is 0. The molecule has 0 saturated carbocycles. The second-order valence-corrected chi connectivity index (χ2v) is 11.9. The summed E-state index contributed by atoms with van der Waals surface area (Å²) in [4.78, 5) is 44.8. The summed E-state index contributed by atoms with van der Waals surface area (Å²) in [5.74, 6) is -3.52. The molecule has 1 aromatic heterocycles.